The zero-order chi connectivity index (χ0) is 24.0. The molecule has 0 heterocycles. The van der Waals surface area contributed by atoms with Gasteiger partial charge >= 0.3 is 0 Å². The second-order valence-electron chi connectivity index (χ2n) is 9.79. The Hall–Kier alpha value is -1.86. The van der Waals surface area contributed by atoms with Gasteiger partial charge < -0.3 is 0 Å². The van der Waals surface area contributed by atoms with Gasteiger partial charge in [0.05, 0.1) is 0 Å². The third kappa shape index (κ3) is 8.73. The summed E-state index contributed by atoms with van der Waals surface area (Å²) in [7, 11) is 0. The number of hydrogen-bond donors (Lipinski definition) is 0. The van der Waals surface area contributed by atoms with Crippen LogP contribution < -0.4 is 0 Å². The minimum atomic E-state index is 0.693. The Morgan fingerprint density at radius 1 is 0.559 bits per heavy atom. The molecule has 0 N–H and O–H groups in total. The van der Waals surface area contributed by atoms with E-state index < -0.39 is 0 Å². The molecule has 0 spiro atoms. The van der Waals surface area contributed by atoms with Gasteiger partial charge in [-0.05, 0) is 84.6 Å². The number of halogens is 1. The van der Waals surface area contributed by atoms with Crippen molar-refractivity contribution in [2.24, 2.45) is 0 Å². The van der Waals surface area contributed by atoms with Gasteiger partial charge in [-0.1, -0.05) is 128 Å². The summed E-state index contributed by atoms with van der Waals surface area (Å²) in [6, 6.07) is 29.7. The van der Waals surface area contributed by atoms with Crippen molar-refractivity contribution < 1.29 is 0 Å². The van der Waals surface area contributed by atoms with Crippen LogP contribution in [0.25, 0.3) is 0 Å². The third-order valence-electron chi connectivity index (χ3n) is 7.34. The molecule has 3 rings (SSSR count). The number of alkyl halides is 1. The van der Waals surface area contributed by atoms with Crippen LogP contribution in [0, 0.1) is 0 Å². The van der Waals surface area contributed by atoms with E-state index in [9.17, 15) is 0 Å². The minimum Gasteiger partial charge on any atom is -0.0928 e. The van der Waals surface area contributed by atoms with E-state index >= 15 is 0 Å². The Bertz CT molecular complexity index is 911. The molecule has 0 fully saturated rings. The van der Waals surface area contributed by atoms with E-state index in [1.54, 1.807) is 0 Å². The Morgan fingerprint density at radius 3 is 1.59 bits per heavy atom. The SMILES string of the molecule is CCC(CCCCCC(CC)c1ccc(Cc2ccc(CCCBr)cc2)cc1)c1ccccc1. The molecule has 1 heteroatoms. The van der Waals surface area contributed by atoms with E-state index in [0.717, 1.165) is 24.1 Å². The number of benzene rings is 3. The third-order valence-corrected chi connectivity index (χ3v) is 7.90. The first-order chi connectivity index (χ1) is 16.7. The maximum Gasteiger partial charge on any atom is 0.00344 e. The summed E-state index contributed by atoms with van der Waals surface area (Å²) in [6.45, 7) is 4.67. The van der Waals surface area contributed by atoms with Crippen LogP contribution in [0.5, 0.6) is 0 Å². The van der Waals surface area contributed by atoms with Crippen molar-refractivity contribution in [3.8, 4) is 0 Å². The van der Waals surface area contributed by atoms with Crippen molar-refractivity contribution in [3.05, 3.63) is 107 Å². The average molecular weight is 520 g/mol. The van der Waals surface area contributed by atoms with Gasteiger partial charge in [-0.25, -0.2) is 0 Å². The fraction of sp³-hybridized carbons (Fsp3) is 0.455. The van der Waals surface area contributed by atoms with E-state index in [2.05, 4.69) is 109 Å². The first kappa shape index (κ1) is 26.7. The highest BCUT2D eigenvalue weighted by molar-refractivity contribution is 9.09. The maximum absolute atomic E-state index is 3.52. The van der Waals surface area contributed by atoms with Crippen LogP contribution in [0.1, 0.15) is 105 Å². The van der Waals surface area contributed by atoms with E-state index in [-0.39, 0.29) is 0 Å². The van der Waals surface area contributed by atoms with Gasteiger partial charge in [0.25, 0.3) is 0 Å². The van der Waals surface area contributed by atoms with E-state index in [4.69, 9.17) is 0 Å². The molecule has 3 aromatic rings. The lowest BCUT2D eigenvalue weighted by molar-refractivity contribution is 0.506. The molecule has 0 saturated carbocycles. The Labute approximate surface area is 217 Å². The number of rotatable bonds is 15. The normalized spacial score (nSPS) is 13.0. The molecule has 0 aliphatic carbocycles. The van der Waals surface area contributed by atoms with Crippen LogP contribution in [-0.4, -0.2) is 5.33 Å². The van der Waals surface area contributed by atoms with E-state index in [0.29, 0.717) is 5.92 Å². The highest BCUT2D eigenvalue weighted by Gasteiger charge is 2.11. The van der Waals surface area contributed by atoms with Gasteiger partial charge in [-0.3, -0.25) is 0 Å². The summed E-state index contributed by atoms with van der Waals surface area (Å²) in [5.41, 5.74) is 7.30. The second-order valence-corrected chi connectivity index (χ2v) is 10.6. The van der Waals surface area contributed by atoms with Crippen LogP contribution in [0.2, 0.25) is 0 Å². The first-order valence-corrected chi connectivity index (χ1v) is 14.6. The zero-order valence-electron chi connectivity index (χ0n) is 21.3. The lowest BCUT2D eigenvalue weighted by Gasteiger charge is -2.17. The molecule has 2 atom stereocenters. The molecule has 34 heavy (non-hydrogen) atoms. The highest BCUT2D eigenvalue weighted by Crippen LogP contribution is 2.29. The second kappa shape index (κ2) is 15.2. The van der Waals surface area contributed by atoms with Crippen molar-refractivity contribution >= 4 is 15.9 Å². The molecule has 0 aliphatic rings. The van der Waals surface area contributed by atoms with Gasteiger partial charge in [-0.2, -0.15) is 0 Å². The van der Waals surface area contributed by atoms with Gasteiger partial charge in [0.2, 0.25) is 0 Å². The molecule has 2 unspecified atom stereocenters. The van der Waals surface area contributed by atoms with Gasteiger partial charge in [-0.15, -0.1) is 0 Å². The summed E-state index contributed by atoms with van der Waals surface area (Å²) >= 11 is 3.52. The van der Waals surface area contributed by atoms with Crippen LogP contribution in [-0.2, 0) is 12.8 Å². The zero-order valence-corrected chi connectivity index (χ0v) is 22.9. The lowest BCUT2D eigenvalue weighted by atomic mass is 9.88. The Balaban J connectivity index is 1.42. The van der Waals surface area contributed by atoms with Crippen LogP contribution in [0.3, 0.4) is 0 Å². The predicted molar refractivity (Wildman–Crippen MR) is 153 cm³/mol. The maximum atomic E-state index is 3.52. The van der Waals surface area contributed by atoms with Crippen LogP contribution in [0.4, 0.5) is 0 Å². The molecule has 0 saturated heterocycles. The van der Waals surface area contributed by atoms with Crippen LogP contribution >= 0.6 is 15.9 Å². The van der Waals surface area contributed by atoms with Crippen molar-refractivity contribution in [1.29, 1.82) is 0 Å². The quantitative estimate of drug-likeness (QED) is 0.138. The van der Waals surface area contributed by atoms with Crippen molar-refractivity contribution in [1.82, 2.24) is 0 Å². The molecular formula is C33H43Br. The minimum absolute atomic E-state index is 0.693. The molecule has 0 radical (unpaired) electrons. The summed E-state index contributed by atoms with van der Waals surface area (Å²) in [6.07, 6.45) is 12.5. The van der Waals surface area contributed by atoms with Crippen molar-refractivity contribution in [2.45, 2.75) is 89.9 Å². The standard InChI is InChI=1S/C33H43Br/c1-3-30(32-15-9-6-10-16-32)13-7-5-8-14-31(4-2)33-23-21-29(22-24-33)26-28-19-17-27(18-20-28)12-11-25-34/h6,9-10,15-24,30-31H,3-5,7-8,11-14,25-26H2,1-2H3. The smallest absolute Gasteiger partial charge is 0.00344 e. The van der Waals surface area contributed by atoms with E-state index in [1.165, 1.54) is 79.2 Å². The topological polar surface area (TPSA) is 0 Å². The molecule has 0 bridgehead atoms. The van der Waals surface area contributed by atoms with E-state index in [1.807, 2.05) is 0 Å². The molecule has 182 valence electrons. The lowest BCUT2D eigenvalue weighted by Crippen LogP contribution is -2.00. The molecule has 0 amide bonds. The Kier molecular flexibility index (Phi) is 12.0. The number of hydrogen-bond acceptors (Lipinski definition) is 0. The van der Waals surface area contributed by atoms with Gasteiger partial charge in [0, 0.05) is 5.33 Å². The van der Waals surface area contributed by atoms with Gasteiger partial charge in [0.1, 0.15) is 0 Å². The average Bonchev–Trinajstić information content (AvgIpc) is 2.89. The first-order valence-electron chi connectivity index (χ1n) is 13.5. The summed E-state index contributed by atoms with van der Waals surface area (Å²) < 4.78 is 0. The molecular weight excluding hydrogens is 476 g/mol. The monoisotopic (exact) mass is 518 g/mol. The van der Waals surface area contributed by atoms with Crippen molar-refractivity contribution in [2.75, 3.05) is 5.33 Å². The molecule has 0 aliphatic heterocycles. The highest BCUT2D eigenvalue weighted by atomic mass is 79.9. The predicted octanol–water partition coefficient (Wildman–Crippen LogP) is 10.2. The largest absolute Gasteiger partial charge is 0.0928 e. The van der Waals surface area contributed by atoms with Crippen molar-refractivity contribution in [3.63, 3.8) is 0 Å². The fourth-order valence-electron chi connectivity index (χ4n) is 5.13. The van der Waals surface area contributed by atoms with Crippen LogP contribution in [0.15, 0.2) is 78.9 Å². The number of unbranched alkanes of at least 4 members (excludes halogenated alkanes) is 2. The summed E-state index contributed by atoms with van der Waals surface area (Å²) in [5, 5.41) is 1.08. The summed E-state index contributed by atoms with van der Waals surface area (Å²) in [4.78, 5) is 0. The fourth-order valence-corrected chi connectivity index (χ4v) is 5.41. The summed E-state index contributed by atoms with van der Waals surface area (Å²) in [5.74, 6) is 1.42. The van der Waals surface area contributed by atoms with Gasteiger partial charge in [0.15, 0.2) is 0 Å². The Morgan fingerprint density at radius 2 is 1.06 bits per heavy atom. The number of aryl methyl sites for hydroxylation is 1. The molecule has 3 aromatic carbocycles. The molecule has 0 nitrogen and oxygen atoms in total. The molecule has 0 aromatic heterocycles.